The fourth-order valence-electron chi connectivity index (χ4n) is 1.25. The van der Waals surface area contributed by atoms with Crippen molar-refractivity contribution in [1.82, 2.24) is 4.98 Å². The first-order chi connectivity index (χ1) is 7.86. The van der Waals surface area contributed by atoms with E-state index in [9.17, 15) is 14.5 Å². The molecule has 0 bridgehead atoms. The minimum Gasteiger partial charge on any atom is -0.479 e. The number of carboxylic acids is 1. The summed E-state index contributed by atoms with van der Waals surface area (Å²) in [4.78, 5) is 14.8. The molecule has 2 atom stereocenters. The van der Waals surface area contributed by atoms with E-state index in [4.69, 9.17) is 9.63 Å². The van der Waals surface area contributed by atoms with E-state index in [1.54, 1.807) is 19.1 Å². The van der Waals surface area contributed by atoms with Crippen molar-refractivity contribution in [2.45, 2.75) is 19.2 Å². The largest absolute Gasteiger partial charge is 0.479 e. The molecule has 0 saturated heterocycles. The second kappa shape index (κ2) is 4.96. The molecule has 0 spiro atoms. The number of hydrogen-bond acceptors (Lipinski definition) is 5. The maximum absolute atomic E-state index is 12.6. The van der Waals surface area contributed by atoms with Gasteiger partial charge in [0.2, 0.25) is 5.34 Å². The summed E-state index contributed by atoms with van der Waals surface area (Å²) in [6, 6.07) is 4.51. The third kappa shape index (κ3) is 2.39. The van der Waals surface area contributed by atoms with Crippen LogP contribution in [0.1, 0.15) is 13.8 Å². The number of pyridine rings is 1. The Balaban J connectivity index is 3.34. The summed E-state index contributed by atoms with van der Waals surface area (Å²) in [5.74, 6) is -1.61. The molecule has 0 aliphatic heterocycles. The zero-order chi connectivity index (χ0) is 13.1. The maximum Gasteiger partial charge on any atom is 0.346 e. The highest BCUT2D eigenvalue weighted by Gasteiger charge is 2.52. The molecule has 0 aliphatic rings. The molecule has 0 radical (unpaired) electrons. The van der Waals surface area contributed by atoms with Crippen LogP contribution in [0.15, 0.2) is 24.4 Å². The predicted octanol–water partition coefficient (Wildman–Crippen LogP) is 0.815. The first kappa shape index (κ1) is 13.8. The van der Waals surface area contributed by atoms with Gasteiger partial charge in [-0.2, -0.15) is 0 Å². The van der Waals surface area contributed by atoms with Crippen LogP contribution in [0.4, 0.5) is 0 Å². The van der Waals surface area contributed by atoms with Crippen LogP contribution in [0, 0.1) is 0 Å². The smallest absolute Gasteiger partial charge is 0.346 e. The lowest BCUT2D eigenvalue weighted by molar-refractivity contribution is -0.149. The summed E-state index contributed by atoms with van der Waals surface area (Å²) in [7, 11) is -3.99. The molecule has 0 fully saturated rings. The second-order valence-corrected chi connectivity index (χ2v) is 6.17. The summed E-state index contributed by atoms with van der Waals surface area (Å²) in [5, 5.41) is 16.3. The molecule has 2 unspecified atom stereocenters. The van der Waals surface area contributed by atoms with Gasteiger partial charge in [-0.25, -0.2) is 4.79 Å². The van der Waals surface area contributed by atoms with E-state index in [1.165, 1.54) is 12.3 Å². The molecule has 1 aromatic heterocycles. The molecule has 6 nitrogen and oxygen atoms in total. The Kier molecular flexibility index (Phi) is 4.03. The molecule has 2 N–H and O–H groups in total. The molecule has 0 amide bonds. The Hall–Kier alpha value is -1.23. The van der Waals surface area contributed by atoms with Crippen LogP contribution in [0.5, 0.6) is 0 Å². The average Bonchev–Trinajstić information content (AvgIpc) is 2.30. The van der Waals surface area contributed by atoms with Gasteiger partial charge in [0.15, 0.2) is 0 Å². The maximum atomic E-state index is 12.6. The number of nitrogens with zero attached hydrogens (tertiary/aromatic N) is 1. The lowest BCUT2D eigenvalue weighted by atomic mass is 10.4. The monoisotopic (exact) mass is 259 g/mol. The zero-order valence-electron chi connectivity index (χ0n) is 9.53. The number of aromatic nitrogens is 1. The average molecular weight is 259 g/mol. The van der Waals surface area contributed by atoms with Gasteiger partial charge in [-0.1, -0.05) is 6.07 Å². The van der Waals surface area contributed by atoms with Crippen LogP contribution in [0.2, 0.25) is 0 Å². The number of carbonyl (C=O) groups is 1. The fourth-order valence-corrected chi connectivity index (χ4v) is 3.20. The molecule has 7 heteroatoms. The van der Waals surface area contributed by atoms with E-state index in [2.05, 4.69) is 4.98 Å². The van der Waals surface area contributed by atoms with Gasteiger partial charge in [-0.05, 0) is 26.0 Å². The third-order valence-corrected chi connectivity index (χ3v) is 5.07. The van der Waals surface area contributed by atoms with Crippen molar-refractivity contribution in [3.05, 3.63) is 24.4 Å². The number of carboxylic acid groups (broad SMARTS) is 1. The van der Waals surface area contributed by atoms with Crippen molar-refractivity contribution < 1.29 is 24.1 Å². The van der Waals surface area contributed by atoms with Crippen LogP contribution >= 0.6 is 7.37 Å². The van der Waals surface area contributed by atoms with Gasteiger partial charge < -0.3 is 14.7 Å². The first-order valence-corrected chi connectivity index (χ1v) is 6.60. The van der Waals surface area contributed by atoms with Crippen LogP contribution in [-0.4, -0.2) is 33.1 Å². The SMILES string of the molecule is CCOP(=O)(c1ccccn1)C(C)(O)C(=O)O. The lowest BCUT2D eigenvalue weighted by Gasteiger charge is -2.27. The Labute approximate surface area is 98.7 Å². The van der Waals surface area contributed by atoms with Gasteiger partial charge >= 0.3 is 5.97 Å². The minimum absolute atomic E-state index is 0.0112. The Morgan fingerprint density at radius 2 is 2.24 bits per heavy atom. The van der Waals surface area contributed by atoms with Crippen LogP contribution in [0.3, 0.4) is 0 Å². The fraction of sp³-hybridized carbons (Fsp3) is 0.400. The van der Waals surface area contributed by atoms with E-state index in [0.717, 1.165) is 6.92 Å². The molecule has 1 aromatic rings. The Bertz CT molecular complexity index is 445. The molecular formula is C10H14NO5P. The first-order valence-electron chi connectivity index (χ1n) is 4.98. The third-order valence-electron chi connectivity index (χ3n) is 2.24. The lowest BCUT2D eigenvalue weighted by Crippen LogP contribution is -2.39. The van der Waals surface area contributed by atoms with Gasteiger partial charge in [0.05, 0.1) is 6.61 Å². The molecule has 17 heavy (non-hydrogen) atoms. The van der Waals surface area contributed by atoms with Crippen molar-refractivity contribution in [3.8, 4) is 0 Å². The quantitative estimate of drug-likeness (QED) is 0.760. The molecule has 0 saturated carbocycles. The van der Waals surface area contributed by atoms with Crippen molar-refractivity contribution in [1.29, 1.82) is 0 Å². The number of hydrogen-bond donors (Lipinski definition) is 2. The molecule has 1 heterocycles. The normalized spacial score (nSPS) is 18.1. The van der Waals surface area contributed by atoms with Gasteiger partial charge in [0, 0.05) is 6.20 Å². The van der Waals surface area contributed by atoms with E-state index in [1.807, 2.05) is 0 Å². The predicted molar refractivity (Wildman–Crippen MR) is 61.4 cm³/mol. The van der Waals surface area contributed by atoms with E-state index in [0.29, 0.717) is 0 Å². The summed E-state index contributed by atoms with van der Waals surface area (Å²) < 4.78 is 17.6. The van der Waals surface area contributed by atoms with Crippen molar-refractivity contribution in [2.24, 2.45) is 0 Å². The second-order valence-electron chi connectivity index (χ2n) is 3.48. The van der Waals surface area contributed by atoms with Crippen molar-refractivity contribution in [2.75, 3.05) is 6.61 Å². The van der Waals surface area contributed by atoms with Crippen molar-refractivity contribution in [3.63, 3.8) is 0 Å². The van der Waals surface area contributed by atoms with E-state index >= 15 is 0 Å². The van der Waals surface area contributed by atoms with Crippen LogP contribution in [-0.2, 0) is 13.9 Å². The summed E-state index contributed by atoms with van der Waals surface area (Å²) in [5.41, 5.74) is -0.0609. The molecular weight excluding hydrogens is 245 g/mol. The highest BCUT2D eigenvalue weighted by atomic mass is 31.2. The molecule has 0 aromatic carbocycles. The van der Waals surface area contributed by atoms with E-state index < -0.39 is 18.7 Å². The van der Waals surface area contributed by atoms with Gasteiger partial charge in [-0.15, -0.1) is 0 Å². The van der Waals surface area contributed by atoms with Gasteiger partial charge in [0.1, 0.15) is 5.44 Å². The van der Waals surface area contributed by atoms with Gasteiger partial charge in [0.25, 0.3) is 7.37 Å². The Morgan fingerprint density at radius 1 is 1.59 bits per heavy atom. The van der Waals surface area contributed by atoms with Crippen LogP contribution in [0.25, 0.3) is 0 Å². The minimum atomic E-state index is -3.99. The summed E-state index contributed by atoms with van der Waals surface area (Å²) in [6.45, 7) is 2.52. The molecule has 94 valence electrons. The molecule has 0 aliphatic carbocycles. The zero-order valence-corrected chi connectivity index (χ0v) is 10.4. The van der Waals surface area contributed by atoms with Crippen LogP contribution < -0.4 is 5.44 Å². The number of rotatable bonds is 5. The summed E-state index contributed by atoms with van der Waals surface area (Å²) >= 11 is 0. The topological polar surface area (TPSA) is 96.7 Å². The van der Waals surface area contributed by atoms with Crippen molar-refractivity contribution >= 4 is 18.8 Å². The molecule has 1 rings (SSSR count). The highest BCUT2D eigenvalue weighted by molar-refractivity contribution is 7.68. The Morgan fingerprint density at radius 3 is 2.65 bits per heavy atom. The number of aliphatic hydroxyl groups is 1. The summed E-state index contributed by atoms with van der Waals surface area (Å²) in [6.07, 6.45) is 1.36. The van der Waals surface area contributed by atoms with Gasteiger partial charge in [-0.3, -0.25) is 9.55 Å². The number of aliphatic carboxylic acids is 1. The van der Waals surface area contributed by atoms with E-state index in [-0.39, 0.29) is 12.0 Å². The standard InChI is InChI=1S/C10H14NO5P/c1-3-16-17(15,10(2,14)9(12)13)8-6-4-5-7-11-8/h4-7,14H,3H2,1-2H3,(H,12,13). The highest BCUT2D eigenvalue weighted by Crippen LogP contribution is 2.56.